The van der Waals surface area contributed by atoms with Crippen LogP contribution in [0.25, 0.3) is 0 Å². The van der Waals surface area contributed by atoms with Crippen molar-refractivity contribution in [2.24, 2.45) is 0 Å². The fourth-order valence-electron chi connectivity index (χ4n) is 1.34. The minimum absolute atomic E-state index is 0.0622. The van der Waals surface area contributed by atoms with Gasteiger partial charge in [0.05, 0.1) is 23.4 Å². The van der Waals surface area contributed by atoms with Crippen LogP contribution in [0.5, 0.6) is 0 Å². The SMILES string of the molecule is CS(=O)(=O)Nc1cc(NS(=O)(=O)CCCCl)ccc1F. The van der Waals surface area contributed by atoms with E-state index >= 15 is 0 Å². The van der Waals surface area contributed by atoms with Crippen LogP contribution < -0.4 is 9.44 Å². The molecule has 0 aromatic heterocycles. The van der Waals surface area contributed by atoms with E-state index in [0.29, 0.717) is 0 Å². The first-order chi connectivity index (χ1) is 9.13. The average Bonchev–Trinajstić information content (AvgIpc) is 2.29. The van der Waals surface area contributed by atoms with Gasteiger partial charge < -0.3 is 0 Å². The summed E-state index contributed by atoms with van der Waals surface area (Å²) in [6.07, 6.45) is 1.14. The summed E-state index contributed by atoms with van der Waals surface area (Å²) in [5, 5.41) is 0. The summed E-state index contributed by atoms with van der Waals surface area (Å²) in [5.41, 5.74) is -0.267. The maximum atomic E-state index is 13.4. The van der Waals surface area contributed by atoms with Crippen molar-refractivity contribution in [1.29, 1.82) is 0 Å². The van der Waals surface area contributed by atoms with Crippen LogP contribution >= 0.6 is 11.6 Å². The Hall–Kier alpha value is -1.06. The third-order valence-corrected chi connectivity index (χ3v) is 4.31. The van der Waals surface area contributed by atoms with Crippen LogP contribution in [0.15, 0.2) is 18.2 Å². The number of alkyl halides is 1. The smallest absolute Gasteiger partial charge is 0.232 e. The fourth-order valence-corrected chi connectivity index (χ4v) is 3.30. The second kappa shape index (κ2) is 6.59. The summed E-state index contributed by atoms with van der Waals surface area (Å²) in [6, 6.07) is 3.22. The van der Waals surface area contributed by atoms with E-state index < -0.39 is 25.9 Å². The van der Waals surface area contributed by atoms with Gasteiger partial charge in [-0.1, -0.05) is 0 Å². The molecule has 0 heterocycles. The molecule has 0 saturated carbocycles. The summed E-state index contributed by atoms with van der Waals surface area (Å²) in [6.45, 7) is 0. The molecule has 0 spiro atoms. The minimum Gasteiger partial charge on any atom is -0.283 e. The van der Waals surface area contributed by atoms with E-state index in [9.17, 15) is 21.2 Å². The molecule has 2 N–H and O–H groups in total. The Morgan fingerprint density at radius 1 is 1.20 bits per heavy atom. The number of hydrogen-bond donors (Lipinski definition) is 2. The van der Waals surface area contributed by atoms with Gasteiger partial charge in [-0.05, 0) is 24.6 Å². The van der Waals surface area contributed by atoms with E-state index in [4.69, 9.17) is 11.6 Å². The zero-order chi connectivity index (χ0) is 15.4. The summed E-state index contributed by atoms with van der Waals surface area (Å²) < 4.78 is 63.0. The third kappa shape index (κ3) is 5.93. The highest BCUT2D eigenvalue weighted by molar-refractivity contribution is 7.92. The van der Waals surface area contributed by atoms with Gasteiger partial charge in [0.25, 0.3) is 0 Å². The first kappa shape index (κ1) is 17.0. The van der Waals surface area contributed by atoms with E-state index in [-0.39, 0.29) is 29.4 Å². The highest BCUT2D eigenvalue weighted by atomic mass is 35.5. The van der Waals surface area contributed by atoms with E-state index in [0.717, 1.165) is 18.4 Å². The molecule has 0 aliphatic rings. The number of rotatable bonds is 7. The number of halogens is 2. The van der Waals surface area contributed by atoms with Crippen LogP contribution in [0.3, 0.4) is 0 Å². The second-order valence-corrected chi connectivity index (χ2v) is 8.00. The zero-order valence-electron chi connectivity index (χ0n) is 10.6. The highest BCUT2D eigenvalue weighted by Gasteiger charge is 2.13. The largest absolute Gasteiger partial charge is 0.283 e. The van der Waals surface area contributed by atoms with Crippen molar-refractivity contribution in [2.45, 2.75) is 6.42 Å². The third-order valence-electron chi connectivity index (χ3n) is 2.08. The van der Waals surface area contributed by atoms with E-state index in [2.05, 4.69) is 4.72 Å². The Balaban J connectivity index is 2.96. The summed E-state index contributed by atoms with van der Waals surface area (Å²) >= 11 is 5.41. The lowest BCUT2D eigenvalue weighted by molar-refractivity contribution is 0.599. The van der Waals surface area contributed by atoms with Gasteiger partial charge in [-0.25, -0.2) is 21.2 Å². The van der Waals surface area contributed by atoms with Crippen molar-refractivity contribution in [3.05, 3.63) is 24.0 Å². The number of hydrogen-bond acceptors (Lipinski definition) is 4. The lowest BCUT2D eigenvalue weighted by Crippen LogP contribution is -2.17. The maximum Gasteiger partial charge on any atom is 0.232 e. The Labute approximate surface area is 122 Å². The van der Waals surface area contributed by atoms with Crippen molar-refractivity contribution in [1.82, 2.24) is 0 Å². The molecular formula is C10H14ClFN2O4S2. The molecule has 1 aromatic carbocycles. The van der Waals surface area contributed by atoms with Gasteiger partial charge in [-0.15, -0.1) is 11.6 Å². The molecule has 1 aromatic rings. The van der Waals surface area contributed by atoms with Crippen molar-refractivity contribution >= 4 is 43.0 Å². The minimum atomic E-state index is -3.66. The van der Waals surface area contributed by atoms with Crippen molar-refractivity contribution < 1.29 is 21.2 Å². The molecule has 0 atom stereocenters. The van der Waals surface area contributed by atoms with Crippen LogP contribution in [0, 0.1) is 5.82 Å². The molecule has 0 saturated heterocycles. The van der Waals surface area contributed by atoms with Crippen LogP contribution in [-0.2, 0) is 20.0 Å². The summed E-state index contributed by atoms with van der Waals surface area (Å²) in [7, 11) is -7.26. The second-order valence-electron chi connectivity index (χ2n) is 4.03. The Kier molecular flexibility index (Phi) is 5.60. The van der Waals surface area contributed by atoms with Gasteiger partial charge >= 0.3 is 0 Å². The van der Waals surface area contributed by atoms with Crippen molar-refractivity contribution in [3.63, 3.8) is 0 Å². The first-order valence-corrected chi connectivity index (χ1v) is 9.54. The molecule has 20 heavy (non-hydrogen) atoms. The normalized spacial score (nSPS) is 12.2. The molecule has 0 aliphatic heterocycles. The van der Waals surface area contributed by atoms with Crippen LogP contribution in [0.1, 0.15) is 6.42 Å². The molecule has 10 heteroatoms. The van der Waals surface area contributed by atoms with Gasteiger partial charge in [-0.3, -0.25) is 9.44 Å². The van der Waals surface area contributed by atoms with Gasteiger partial charge in [0.15, 0.2) is 0 Å². The van der Waals surface area contributed by atoms with Crippen molar-refractivity contribution in [3.8, 4) is 0 Å². The lowest BCUT2D eigenvalue weighted by Gasteiger charge is -2.10. The van der Waals surface area contributed by atoms with Crippen LogP contribution in [0.4, 0.5) is 15.8 Å². The quantitative estimate of drug-likeness (QED) is 0.734. The van der Waals surface area contributed by atoms with Crippen LogP contribution in [-0.4, -0.2) is 34.7 Å². The van der Waals surface area contributed by atoms with E-state index in [1.807, 2.05) is 4.72 Å². The topological polar surface area (TPSA) is 92.3 Å². The van der Waals surface area contributed by atoms with Crippen molar-refractivity contribution in [2.75, 3.05) is 27.3 Å². The summed E-state index contributed by atoms with van der Waals surface area (Å²) in [5.74, 6) is -0.785. The number of benzene rings is 1. The number of sulfonamides is 2. The molecule has 0 bridgehead atoms. The highest BCUT2D eigenvalue weighted by Crippen LogP contribution is 2.21. The zero-order valence-corrected chi connectivity index (χ0v) is 12.9. The number of nitrogens with one attached hydrogen (secondary N) is 2. The average molecular weight is 345 g/mol. The Bertz CT molecular complexity index is 676. The van der Waals surface area contributed by atoms with E-state index in [1.54, 1.807) is 0 Å². The molecule has 0 unspecified atom stereocenters. The standard InChI is InChI=1S/C10H14ClFN2O4S2/c1-19(15,16)14-10-7-8(3-4-9(10)12)13-20(17,18)6-2-5-11/h3-4,7,13-14H,2,5-6H2,1H3. The van der Waals surface area contributed by atoms with Gasteiger partial charge in [0.2, 0.25) is 20.0 Å². The predicted molar refractivity (Wildman–Crippen MR) is 77.6 cm³/mol. The molecule has 114 valence electrons. The molecule has 0 amide bonds. The maximum absolute atomic E-state index is 13.4. The molecule has 0 aliphatic carbocycles. The Morgan fingerprint density at radius 2 is 1.85 bits per heavy atom. The molecule has 0 fully saturated rings. The monoisotopic (exact) mass is 344 g/mol. The van der Waals surface area contributed by atoms with Crippen LogP contribution in [0.2, 0.25) is 0 Å². The Morgan fingerprint density at radius 3 is 2.40 bits per heavy atom. The predicted octanol–water partition coefficient (Wildman–Crippen LogP) is 1.57. The molecular weight excluding hydrogens is 331 g/mol. The van der Waals surface area contributed by atoms with Gasteiger partial charge in [0.1, 0.15) is 5.82 Å². The lowest BCUT2D eigenvalue weighted by atomic mass is 10.3. The van der Waals surface area contributed by atoms with Gasteiger partial charge in [-0.2, -0.15) is 0 Å². The summed E-state index contributed by atoms with van der Waals surface area (Å²) in [4.78, 5) is 0. The fraction of sp³-hybridized carbons (Fsp3) is 0.400. The number of anilines is 2. The molecule has 6 nitrogen and oxygen atoms in total. The van der Waals surface area contributed by atoms with E-state index in [1.165, 1.54) is 6.07 Å². The molecule has 0 radical (unpaired) electrons. The first-order valence-electron chi connectivity index (χ1n) is 5.47. The molecule has 1 rings (SSSR count). The van der Waals surface area contributed by atoms with Gasteiger partial charge in [0, 0.05) is 5.88 Å².